The lowest BCUT2D eigenvalue weighted by molar-refractivity contribution is -0.118. The van der Waals surface area contributed by atoms with Crippen LogP contribution in [-0.4, -0.2) is 12.5 Å². The van der Waals surface area contributed by atoms with Crippen molar-refractivity contribution in [1.82, 2.24) is 0 Å². The van der Waals surface area contributed by atoms with Crippen molar-refractivity contribution < 1.29 is 18.3 Å². The highest BCUT2D eigenvalue weighted by Gasteiger charge is 2.12. The Balaban J connectivity index is 1.67. The zero-order chi connectivity index (χ0) is 17.1. The summed E-state index contributed by atoms with van der Waals surface area (Å²) in [7, 11) is 0. The van der Waals surface area contributed by atoms with Gasteiger partial charge in [0.05, 0.1) is 0 Å². The van der Waals surface area contributed by atoms with E-state index in [1.807, 2.05) is 24.3 Å². The highest BCUT2D eigenvalue weighted by molar-refractivity contribution is 9.10. The van der Waals surface area contributed by atoms with E-state index in [0.717, 1.165) is 27.4 Å². The van der Waals surface area contributed by atoms with Crippen molar-refractivity contribution in [2.24, 2.45) is 0 Å². The molecular formula is C18H12BrF2NO2. The number of amides is 1. The highest BCUT2D eigenvalue weighted by atomic mass is 79.9. The van der Waals surface area contributed by atoms with Gasteiger partial charge in [0, 0.05) is 4.47 Å². The summed E-state index contributed by atoms with van der Waals surface area (Å²) in [5.41, 5.74) is -0.477. The summed E-state index contributed by atoms with van der Waals surface area (Å²) in [6.07, 6.45) is 0. The Morgan fingerprint density at radius 1 is 1.00 bits per heavy atom. The second kappa shape index (κ2) is 6.97. The molecule has 0 saturated heterocycles. The average Bonchev–Trinajstić information content (AvgIpc) is 2.56. The molecular weight excluding hydrogens is 380 g/mol. The van der Waals surface area contributed by atoms with Crippen molar-refractivity contribution in [3.05, 3.63) is 70.7 Å². The van der Waals surface area contributed by atoms with Crippen LogP contribution in [-0.2, 0) is 4.79 Å². The molecule has 0 radical (unpaired) electrons. The van der Waals surface area contributed by atoms with E-state index >= 15 is 0 Å². The molecule has 0 fully saturated rings. The van der Waals surface area contributed by atoms with Gasteiger partial charge in [0.1, 0.15) is 23.1 Å². The predicted molar refractivity (Wildman–Crippen MR) is 92.1 cm³/mol. The molecule has 3 rings (SSSR count). The summed E-state index contributed by atoms with van der Waals surface area (Å²) < 4.78 is 33.3. The number of rotatable bonds is 4. The van der Waals surface area contributed by atoms with Gasteiger partial charge >= 0.3 is 0 Å². The maximum atomic E-state index is 13.5. The topological polar surface area (TPSA) is 38.3 Å². The molecule has 0 saturated carbocycles. The summed E-state index contributed by atoms with van der Waals surface area (Å²) in [5.74, 6) is -1.82. The number of hydrogen-bond donors (Lipinski definition) is 1. The third kappa shape index (κ3) is 3.71. The number of benzene rings is 3. The number of halogens is 3. The normalized spacial score (nSPS) is 10.6. The van der Waals surface area contributed by atoms with Gasteiger partial charge in [0.25, 0.3) is 5.91 Å². The van der Waals surface area contributed by atoms with E-state index in [-0.39, 0.29) is 6.61 Å². The minimum absolute atomic E-state index is 0.351. The van der Waals surface area contributed by atoms with Crippen LogP contribution in [0.1, 0.15) is 0 Å². The van der Waals surface area contributed by atoms with Crippen molar-refractivity contribution >= 4 is 38.3 Å². The summed E-state index contributed by atoms with van der Waals surface area (Å²) >= 11 is 3.40. The van der Waals surface area contributed by atoms with Crippen LogP contribution in [0.3, 0.4) is 0 Å². The average molecular weight is 392 g/mol. The van der Waals surface area contributed by atoms with Gasteiger partial charge in [-0.15, -0.1) is 0 Å². The van der Waals surface area contributed by atoms with Crippen molar-refractivity contribution in [1.29, 1.82) is 0 Å². The lowest BCUT2D eigenvalue weighted by atomic mass is 10.1. The molecule has 3 nitrogen and oxygen atoms in total. The first-order chi connectivity index (χ1) is 11.5. The van der Waals surface area contributed by atoms with Gasteiger partial charge in [-0.25, -0.2) is 8.78 Å². The molecule has 0 aliphatic carbocycles. The molecule has 3 aromatic rings. The Kier molecular flexibility index (Phi) is 4.76. The van der Waals surface area contributed by atoms with E-state index in [4.69, 9.17) is 4.74 Å². The standard InChI is InChI=1S/C18H12BrF2NO2/c19-13-6-4-12-9-14(7-5-11(12)8-13)24-10-17(23)22-18-15(20)2-1-3-16(18)21/h1-9H,10H2,(H,22,23). The fourth-order valence-electron chi connectivity index (χ4n) is 2.23. The van der Waals surface area contributed by atoms with Crippen molar-refractivity contribution in [3.63, 3.8) is 0 Å². The van der Waals surface area contributed by atoms with Crippen molar-refractivity contribution in [2.75, 3.05) is 11.9 Å². The SMILES string of the molecule is O=C(COc1ccc2cc(Br)ccc2c1)Nc1c(F)cccc1F. The highest BCUT2D eigenvalue weighted by Crippen LogP contribution is 2.24. The molecule has 122 valence electrons. The third-order valence-electron chi connectivity index (χ3n) is 3.37. The predicted octanol–water partition coefficient (Wildman–Crippen LogP) is 4.90. The molecule has 0 aromatic heterocycles. The summed E-state index contributed by atoms with van der Waals surface area (Å²) in [4.78, 5) is 11.8. The third-order valence-corrected chi connectivity index (χ3v) is 3.86. The second-order valence-electron chi connectivity index (χ2n) is 5.09. The molecule has 1 amide bonds. The number of fused-ring (bicyclic) bond motifs is 1. The van der Waals surface area contributed by atoms with Crippen LogP contribution in [0.5, 0.6) is 5.75 Å². The van der Waals surface area contributed by atoms with Crippen LogP contribution < -0.4 is 10.1 Å². The van der Waals surface area contributed by atoms with E-state index in [1.165, 1.54) is 6.07 Å². The number of carbonyl (C=O) groups is 1. The molecule has 0 heterocycles. The smallest absolute Gasteiger partial charge is 0.262 e. The molecule has 0 atom stereocenters. The molecule has 0 aliphatic rings. The number of nitrogens with one attached hydrogen (secondary N) is 1. The number of hydrogen-bond acceptors (Lipinski definition) is 2. The maximum Gasteiger partial charge on any atom is 0.262 e. The fourth-order valence-corrected chi connectivity index (χ4v) is 2.60. The van der Waals surface area contributed by atoms with Crippen LogP contribution >= 0.6 is 15.9 Å². The van der Waals surface area contributed by atoms with E-state index in [0.29, 0.717) is 5.75 Å². The van der Waals surface area contributed by atoms with E-state index in [2.05, 4.69) is 21.2 Å². The van der Waals surface area contributed by atoms with Gasteiger partial charge in [-0.05, 0) is 47.2 Å². The zero-order valence-corrected chi connectivity index (χ0v) is 13.9. The lowest BCUT2D eigenvalue weighted by Crippen LogP contribution is -2.21. The molecule has 24 heavy (non-hydrogen) atoms. The fraction of sp³-hybridized carbons (Fsp3) is 0.0556. The van der Waals surface area contributed by atoms with Crippen LogP contribution in [0.2, 0.25) is 0 Å². The molecule has 0 unspecified atom stereocenters. The van der Waals surface area contributed by atoms with E-state index in [1.54, 1.807) is 12.1 Å². The van der Waals surface area contributed by atoms with Crippen LogP contribution in [0.15, 0.2) is 59.1 Å². The zero-order valence-electron chi connectivity index (χ0n) is 12.4. The molecule has 0 aliphatic heterocycles. The first kappa shape index (κ1) is 16.4. The molecule has 6 heteroatoms. The monoisotopic (exact) mass is 391 g/mol. The molecule has 0 spiro atoms. The van der Waals surface area contributed by atoms with Crippen molar-refractivity contribution in [3.8, 4) is 5.75 Å². The minimum Gasteiger partial charge on any atom is -0.484 e. The maximum absolute atomic E-state index is 13.5. The largest absolute Gasteiger partial charge is 0.484 e. The number of anilines is 1. The van der Waals surface area contributed by atoms with E-state index < -0.39 is 23.2 Å². The Bertz CT molecular complexity index is 894. The first-order valence-corrected chi connectivity index (χ1v) is 7.88. The Hall–Kier alpha value is -2.47. The first-order valence-electron chi connectivity index (χ1n) is 7.09. The minimum atomic E-state index is -0.834. The van der Waals surface area contributed by atoms with Crippen molar-refractivity contribution in [2.45, 2.75) is 0 Å². The summed E-state index contributed by atoms with van der Waals surface area (Å²) in [6.45, 7) is -0.351. The van der Waals surface area contributed by atoms with Crippen LogP contribution in [0.25, 0.3) is 10.8 Å². The Morgan fingerprint density at radius 2 is 1.67 bits per heavy atom. The van der Waals surface area contributed by atoms with E-state index in [9.17, 15) is 13.6 Å². The Morgan fingerprint density at radius 3 is 2.42 bits per heavy atom. The molecule has 0 bridgehead atoms. The number of ether oxygens (including phenoxy) is 1. The van der Waals surface area contributed by atoms with Gasteiger partial charge in [-0.1, -0.05) is 34.1 Å². The van der Waals surface area contributed by atoms with Crippen LogP contribution in [0, 0.1) is 11.6 Å². The summed E-state index contributed by atoms with van der Waals surface area (Å²) in [6, 6.07) is 14.5. The van der Waals surface area contributed by atoms with Gasteiger partial charge in [-0.2, -0.15) is 0 Å². The van der Waals surface area contributed by atoms with Gasteiger partial charge in [0.15, 0.2) is 6.61 Å². The number of para-hydroxylation sites is 1. The van der Waals surface area contributed by atoms with Crippen LogP contribution in [0.4, 0.5) is 14.5 Å². The number of carbonyl (C=O) groups excluding carboxylic acids is 1. The lowest BCUT2D eigenvalue weighted by Gasteiger charge is -2.09. The second-order valence-corrected chi connectivity index (χ2v) is 6.00. The quantitative estimate of drug-likeness (QED) is 0.686. The van der Waals surface area contributed by atoms with Gasteiger partial charge < -0.3 is 10.1 Å². The molecule has 1 N–H and O–H groups in total. The summed E-state index contributed by atoms with van der Waals surface area (Å²) in [5, 5.41) is 4.15. The van der Waals surface area contributed by atoms with Gasteiger partial charge in [0.2, 0.25) is 0 Å². The molecule has 3 aromatic carbocycles. The van der Waals surface area contributed by atoms with Gasteiger partial charge in [-0.3, -0.25) is 4.79 Å². The Labute approximate surface area is 145 Å².